The van der Waals surface area contributed by atoms with E-state index in [4.69, 9.17) is 0 Å². The van der Waals surface area contributed by atoms with E-state index < -0.39 is 0 Å². The lowest BCUT2D eigenvalue weighted by Crippen LogP contribution is -2.47. The highest BCUT2D eigenvalue weighted by Crippen LogP contribution is 2.20. The van der Waals surface area contributed by atoms with E-state index >= 15 is 0 Å². The number of carbonyl (C=O) groups excluding carboxylic acids is 2. The van der Waals surface area contributed by atoms with Gasteiger partial charge in [0.15, 0.2) is 0 Å². The van der Waals surface area contributed by atoms with Gasteiger partial charge in [-0.1, -0.05) is 42.5 Å². The summed E-state index contributed by atoms with van der Waals surface area (Å²) >= 11 is 0. The van der Waals surface area contributed by atoms with Crippen LogP contribution in [-0.2, 0) is 11.2 Å². The Morgan fingerprint density at radius 3 is 2.57 bits per heavy atom. The van der Waals surface area contributed by atoms with Gasteiger partial charge in [0, 0.05) is 31.5 Å². The predicted molar refractivity (Wildman–Crippen MR) is 109 cm³/mol. The Hall–Kier alpha value is -3.21. The second kappa shape index (κ2) is 8.21. The summed E-state index contributed by atoms with van der Waals surface area (Å²) in [6.45, 7) is 1.34. The van der Waals surface area contributed by atoms with Crippen molar-refractivity contribution in [1.29, 1.82) is 0 Å². The van der Waals surface area contributed by atoms with Crippen LogP contribution in [-0.4, -0.2) is 40.8 Å². The van der Waals surface area contributed by atoms with E-state index in [2.05, 4.69) is 28.5 Å². The average molecular weight is 373 g/mol. The fraction of sp³-hybridized carbons (Fsp3) is 0.261. The van der Waals surface area contributed by atoms with Gasteiger partial charge < -0.3 is 10.2 Å². The zero-order chi connectivity index (χ0) is 19.3. The van der Waals surface area contributed by atoms with Crippen molar-refractivity contribution in [3.05, 3.63) is 78.1 Å². The summed E-state index contributed by atoms with van der Waals surface area (Å²) in [5.41, 5.74) is 1.63. The van der Waals surface area contributed by atoms with Crippen LogP contribution in [0, 0.1) is 0 Å². The standard InChI is InChI=1S/C23H23N3O2/c27-22(15-18-7-3-6-17-5-1-2-9-21(17)18)26-13-10-20(11-14-26)25-23(28)19-8-4-12-24-16-19/h1-9,12,16,20H,10-11,13-15H2,(H,25,28). The lowest BCUT2D eigenvalue weighted by molar-refractivity contribution is -0.131. The molecule has 2 amide bonds. The number of piperidine rings is 1. The van der Waals surface area contributed by atoms with Crippen LogP contribution >= 0.6 is 0 Å². The number of aromatic nitrogens is 1. The molecule has 28 heavy (non-hydrogen) atoms. The number of rotatable bonds is 4. The number of carbonyl (C=O) groups is 2. The third kappa shape index (κ3) is 4.03. The van der Waals surface area contributed by atoms with E-state index in [9.17, 15) is 9.59 Å². The van der Waals surface area contributed by atoms with Crippen LogP contribution < -0.4 is 5.32 Å². The molecule has 0 spiro atoms. The highest BCUT2D eigenvalue weighted by Gasteiger charge is 2.24. The molecule has 1 aromatic heterocycles. The zero-order valence-corrected chi connectivity index (χ0v) is 15.7. The van der Waals surface area contributed by atoms with E-state index in [0.29, 0.717) is 25.1 Å². The number of amides is 2. The quantitative estimate of drug-likeness (QED) is 0.764. The molecule has 0 radical (unpaired) electrons. The molecule has 5 heteroatoms. The first-order valence-corrected chi connectivity index (χ1v) is 9.66. The molecule has 2 aromatic carbocycles. The van der Waals surface area contributed by atoms with Gasteiger partial charge in [-0.3, -0.25) is 14.6 Å². The van der Waals surface area contributed by atoms with Gasteiger partial charge in [0.1, 0.15) is 0 Å². The van der Waals surface area contributed by atoms with Crippen LogP contribution in [0.15, 0.2) is 67.0 Å². The normalized spacial score (nSPS) is 14.8. The summed E-state index contributed by atoms with van der Waals surface area (Å²) in [6.07, 6.45) is 5.17. The van der Waals surface area contributed by atoms with Gasteiger partial charge in [0.05, 0.1) is 12.0 Å². The molecular weight excluding hydrogens is 350 g/mol. The first kappa shape index (κ1) is 18.2. The largest absolute Gasteiger partial charge is 0.349 e. The maximum atomic E-state index is 12.8. The Kier molecular flexibility index (Phi) is 5.33. The summed E-state index contributed by atoms with van der Waals surface area (Å²) in [4.78, 5) is 30.9. The molecule has 1 N–H and O–H groups in total. The number of fused-ring (bicyclic) bond motifs is 1. The van der Waals surface area contributed by atoms with E-state index in [1.54, 1.807) is 24.5 Å². The van der Waals surface area contributed by atoms with Crippen molar-refractivity contribution in [2.45, 2.75) is 25.3 Å². The monoisotopic (exact) mass is 373 g/mol. The third-order valence-electron chi connectivity index (χ3n) is 5.33. The highest BCUT2D eigenvalue weighted by atomic mass is 16.2. The minimum absolute atomic E-state index is 0.0920. The number of benzene rings is 2. The van der Waals surface area contributed by atoms with E-state index in [1.165, 1.54) is 0 Å². The Labute approximate surface area is 164 Å². The first-order chi connectivity index (χ1) is 13.7. The van der Waals surface area contributed by atoms with E-state index in [0.717, 1.165) is 29.2 Å². The van der Waals surface area contributed by atoms with Crippen molar-refractivity contribution in [3.8, 4) is 0 Å². The molecule has 0 saturated carbocycles. The number of nitrogens with one attached hydrogen (secondary N) is 1. The van der Waals surface area contributed by atoms with Crippen molar-refractivity contribution < 1.29 is 9.59 Å². The summed E-state index contributed by atoms with van der Waals surface area (Å²) in [6, 6.07) is 17.9. The van der Waals surface area contributed by atoms with Crippen LogP contribution in [0.25, 0.3) is 10.8 Å². The van der Waals surface area contributed by atoms with Crippen molar-refractivity contribution in [1.82, 2.24) is 15.2 Å². The predicted octanol–water partition coefficient (Wildman–Crippen LogP) is 3.20. The van der Waals surface area contributed by atoms with Gasteiger partial charge in [-0.05, 0) is 41.3 Å². The van der Waals surface area contributed by atoms with Crippen molar-refractivity contribution in [3.63, 3.8) is 0 Å². The molecule has 1 aliphatic heterocycles. The zero-order valence-electron chi connectivity index (χ0n) is 15.7. The van der Waals surface area contributed by atoms with Crippen LogP contribution in [0.1, 0.15) is 28.8 Å². The van der Waals surface area contributed by atoms with Crippen LogP contribution in [0.5, 0.6) is 0 Å². The first-order valence-electron chi connectivity index (χ1n) is 9.66. The van der Waals surface area contributed by atoms with Crippen LogP contribution in [0.4, 0.5) is 0 Å². The van der Waals surface area contributed by atoms with Gasteiger partial charge in [0.25, 0.3) is 5.91 Å². The van der Waals surface area contributed by atoms with E-state index in [-0.39, 0.29) is 17.9 Å². The Balaban J connectivity index is 1.33. The SMILES string of the molecule is O=C(NC1CCN(C(=O)Cc2cccc3ccccc23)CC1)c1cccnc1. The van der Waals surface area contributed by atoms with Crippen LogP contribution in [0.3, 0.4) is 0 Å². The maximum Gasteiger partial charge on any atom is 0.253 e. The lowest BCUT2D eigenvalue weighted by atomic mass is 10.00. The van der Waals surface area contributed by atoms with E-state index in [1.807, 2.05) is 29.2 Å². The minimum Gasteiger partial charge on any atom is -0.349 e. The van der Waals surface area contributed by atoms with Gasteiger partial charge in [-0.15, -0.1) is 0 Å². The molecule has 0 bridgehead atoms. The third-order valence-corrected chi connectivity index (χ3v) is 5.33. The molecule has 2 heterocycles. The van der Waals surface area contributed by atoms with Gasteiger partial charge in [-0.2, -0.15) is 0 Å². The van der Waals surface area contributed by atoms with Gasteiger partial charge >= 0.3 is 0 Å². The number of pyridine rings is 1. The molecule has 0 aliphatic carbocycles. The molecule has 5 nitrogen and oxygen atoms in total. The molecule has 0 atom stereocenters. The molecule has 1 fully saturated rings. The topological polar surface area (TPSA) is 62.3 Å². The second-order valence-electron chi connectivity index (χ2n) is 7.19. The average Bonchev–Trinajstić information content (AvgIpc) is 2.75. The number of hydrogen-bond donors (Lipinski definition) is 1. The number of hydrogen-bond acceptors (Lipinski definition) is 3. The molecule has 0 unspecified atom stereocenters. The fourth-order valence-corrected chi connectivity index (χ4v) is 3.76. The molecule has 142 valence electrons. The van der Waals surface area contributed by atoms with Crippen molar-refractivity contribution >= 4 is 22.6 Å². The Morgan fingerprint density at radius 1 is 1.00 bits per heavy atom. The number of nitrogens with zero attached hydrogens (tertiary/aromatic N) is 2. The van der Waals surface area contributed by atoms with Gasteiger partial charge in [-0.25, -0.2) is 0 Å². The lowest BCUT2D eigenvalue weighted by Gasteiger charge is -2.32. The molecule has 4 rings (SSSR count). The second-order valence-corrected chi connectivity index (χ2v) is 7.19. The van der Waals surface area contributed by atoms with Crippen molar-refractivity contribution in [2.24, 2.45) is 0 Å². The highest BCUT2D eigenvalue weighted by molar-refractivity contribution is 5.94. The van der Waals surface area contributed by atoms with Gasteiger partial charge in [0.2, 0.25) is 5.91 Å². The summed E-state index contributed by atoms with van der Waals surface area (Å²) in [7, 11) is 0. The summed E-state index contributed by atoms with van der Waals surface area (Å²) in [5.74, 6) is 0.0435. The van der Waals surface area contributed by atoms with Crippen LogP contribution in [0.2, 0.25) is 0 Å². The summed E-state index contributed by atoms with van der Waals surface area (Å²) in [5, 5.41) is 5.34. The minimum atomic E-state index is -0.103. The maximum absolute atomic E-state index is 12.8. The molecular formula is C23H23N3O2. The molecule has 1 saturated heterocycles. The summed E-state index contributed by atoms with van der Waals surface area (Å²) < 4.78 is 0. The molecule has 3 aromatic rings. The van der Waals surface area contributed by atoms with Crippen molar-refractivity contribution in [2.75, 3.05) is 13.1 Å². The smallest absolute Gasteiger partial charge is 0.253 e. The fourth-order valence-electron chi connectivity index (χ4n) is 3.76. The number of likely N-dealkylation sites (tertiary alicyclic amines) is 1. The Bertz CT molecular complexity index is 974. The molecule has 1 aliphatic rings. The Morgan fingerprint density at radius 2 is 1.79 bits per heavy atom.